The van der Waals surface area contributed by atoms with Gasteiger partial charge in [0.05, 0.1) is 17.7 Å². The fraction of sp³-hybridized carbons (Fsp3) is 0.375. The van der Waals surface area contributed by atoms with Gasteiger partial charge in [-0.2, -0.15) is 0 Å². The highest BCUT2D eigenvalue weighted by atomic mass is 19.2. The van der Waals surface area contributed by atoms with Crippen molar-refractivity contribution in [2.24, 2.45) is 0 Å². The zero-order valence-electron chi connectivity index (χ0n) is 18.1. The third kappa shape index (κ3) is 4.22. The molecule has 0 radical (unpaired) electrons. The Hall–Kier alpha value is -3.29. The van der Waals surface area contributed by atoms with Crippen LogP contribution in [0.15, 0.2) is 30.3 Å². The summed E-state index contributed by atoms with van der Waals surface area (Å²) in [6.45, 7) is 4.24. The Morgan fingerprint density at radius 2 is 2.03 bits per heavy atom. The number of H-pyrrole nitrogens is 1. The molecule has 4 rings (SSSR count). The van der Waals surface area contributed by atoms with Gasteiger partial charge in [0.1, 0.15) is 17.1 Å². The molecule has 1 atom stereocenters. The maximum atomic E-state index is 14.1. The second kappa shape index (κ2) is 9.06. The SMILES string of the molecule is CCOc1ccc(C(C)=O)cc1C(=O)N1CCCCC1Cc1nc2c(F)c(F)ccc2[nH]1. The summed E-state index contributed by atoms with van der Waals surface area (Å²) in [6, 6.07) is 7.24. The van der Waals surface area contributed by atoms with E-state index in [1.54, 1.807) is 23.1 Å². The van der Waals surface area contributed by atoms with Crippen molar-refractivity contribution in [1.82, 2.24) is 14.9 Å². The first-order chi connectivity index (χ1) is 15.4. The number of likely N-dealkylation sites (tertiary alicyclic amines) is 1. The Bertz CT molecular complexity index is 1170. The minimum absolute atomic E-state index is 0.0403. The summed E-state index contributed by atoms with van der Waals surface area (Å²) in [7, 11) is 0. The normalized spacial score (nSPS) is 16.4. The van der Waals surface area contributed by atoms with Crippen LogP contribution < -0.4 is 4.74 Å². The molecule has 1 saturated heterocycles. The number of ketones is 1. The molecule has 6 nitrogen and oxygen atoms in total. The first kappa shape index (κ1) is 21.9. The number of nitrogens with zero attached hydrogens (tertiary/aromatic N) is 2. The molecule has 0 saturated carbocycles. The first-order valence-electron chi connectivity index (χ1n) is 10.8. The molecule has 3 aromatic rings. The topological polar surface area (TPSA) is 75.3 Å². The number of halogens is 2. The smallest absolute Gasteiger partial charge is 0.257 e. The van der Waals surface area contributed by atoms with Gasteiger partial charge in [0.15, 0.2) is 17.4 Å². The van der Waals surface area contributed by atoms with Gasteiger partial charge in [-0.15, -0.1) is 0 Å². The summed E-state index contributed by atoms with van der Waals surface area (Å²) >= 11 is 0. The van der Waals surface area contributed by atoms with Gasteiger partial charge in [0.25, 0.3) is 5.91 Å². The highest BCUT2D eigenvalue weighted by Crippen LogP contribution is 2.28. The molecular formula is C24H25F2N3O3. The van der Waals surface area contributed by atoms with Gasteiger partial charge in [0, 0.05) is 24.6 Å². The molecule has 32 heavy (non-hydrogen) atoms. The van der Waals surface area contributed by atoms with Gasteiger partial charge in [-0.1, -0.05) is 0 Å². The van der Waals surface area contributed by atoms with Gasteiger partial charge in [0.2, 0.25) is 0 Å². The van der Waals surface area contributed by atoms with Gasteiger partial charge in [-0.3, -0.25) is 9.59 Å². The number of benzene rings is 2. The number of rotatable bonds is 6. The Morgan fingerprint density at radius 3 is 2.78 bits per heavy atom. The molecule has 8 heteroatoms. The zero-order valence-corrected chi connectivity index (χ0v) is 18.1. The summed E-state index contributed by atoms with van der Waals surface area (Å²) < 4.78 is 33.3. The van der Waals surface area contributed by atoms with E-state index in [4.69, 9.17) is 4.74 Å². The average molecular weight is 441 g/mol. The van der Waals surface area contributed by atoms with Crippen LogP contribution in [0, 0.1) is 11.6 Å². The number of aromatic nitrogens is 2. The quantitative estimate of drug-likeness (QED) is 0.564. The number of carbonyl (C=O) groups is 2. The summed E-state index contributed by atoms with van der Waals surface area (Å²) in [4.78, 5) is 34.5. The number of piperidine rings is 1. The molecule has 0 aliphatic carbocycles. The second-order valence-electron chi connectivity index (χ2n) is 7.99. The molecular weight excluding hydrogens is 416 g/mol. The van der Waals surface area contributed by atoms with Crippen molar-refractivity contribution in [1.29, 1.82) is 0 Å². The number of hydrogen-bond donors (Lipinski definition) is 1. The molecule has 2 aromatic carbocycles. The van der Waals surface area contributed by atoms with Crippen molar-refractivity contribution in [2.45, 2.75) is 45.6 Å². The second-order valence-corrected chi connectivity index (χ2v) is 7.99. The number of aromatic amines is 1. The van der Waals surface area contributed by atoms with E-state index < -0.39 is 11.6 Å². The molecule has 1 aliphatic heterocycles. The van der Waals surface area contributed by atoms with E-state index in [9.17, 15) is 18.4 Å². The fourth-order valence-corrected chi connectivity index (χ4v) is 4.22. The highest BCUT2D eigenvalue weighted by Gasteiger charge is 2.30. The van der Waals surface area contributed by atoms with Crippen LogP contribution in [0.2, 0.25) is 0 Å². The molecule has 1 amide bonds. The van der Waals surface area contributed by atoms with Crippen molar-refractivity contribution in [3.05, 3.63) is 58.9 Å². The average Bonchev–Trinajstić information content (AvgIpc) is 3.20. The Labute approximate surface area is 184 Å². The van der Waals surface area contributed by atoms with E-state index in [1.165, 1.54) is 13.0 Å². The highest BCUT2D eigenvalue weighted by molar-refractivity contribution is 6.01. The molecule has 1 fully saturated rings. The molecule has 1 aliphatic rings. The van der Waals surface area contributed by atoms with E-state index >= 15 is 0 Å². The van der Waals surface area contributed by atoms with E-state index in [-0.39, 0.29) is 23.2 Å². The predicted octanol–water partition coefficient (Wildman–Crippen LogP) is 4.68. The van der Waals surface area contributed by atoms with Crippen molar-refractivity contribution in [3.8, 4) is 5.75 Å². The Balaban J connectivity index is 1.64. The van der Waals surface area contributed by atoms with Crippen LogP contribution >= 0.6 is 0 Å². The largest absolute Gasteiger partial charge is 0.493 e. The molecule has 0 bridgehead atoms. The number of carbonyl (C=O) groups excluding carboxylic acids is 2. The fourth-order valence-electron chi connectivity index (χ4n) is 4.22. The molecule has 1 N–H and O–H groups in total. The lowest BCUT2D eigenvalue weighted by atomic mass is 9.97. The van der Waals surface area contributed by atoms with Crippen LogP contribution in [0.1, 0.15) is 59.7 Å². The lowest BCUT2D eigenvalue weighted by molar-refractivity contribution is 0.0607. The monoisotopic (exact) mass is 441 g/mol. The zero-order chi connectivity index (χ0) is 22.8. The van der Waals surface area contributed by atoms with E-state index in [1.807, 2.05) is 6.92 Å². The van der Waals surface area contributed by atoms with Crippen LogP contribution in [0.3, 0.4) is 0 Å². The third-order valence-corrected chi connectivity index (χ3v) is 5.83. The minimum Gasteiger partial charge on any atom is -0.493 e. The summed E-state index contributed by atoms with van der Waals surface area (Å²) in [5.74, 6) is -1.34. The Kier molecular flexibility index (Phi) is 6.21. The van der Waals surface area contributed by atoms with Gasteiger partial charge in [-0.25, -0.2) is 13.8 Å². The van der Waals surface area contributed by atoms with E-state index in [0.717, 1.165) is 25.3 Å². The van der Waals surface area contributed by atoms with Crippen molar-refractivity contribution in [3.63, 3.8) is 0 Å². The molecule has 0 spiro atoms. The first-order valence-corrected chi connectivity index (χ1v) is 10.8. The number of Topliss-reactive ketones (excluding diaryl/α,β-unsaturated/α-hetero) is 1. The lowest BCUT2D eigenvalue weighted by Crippen LogP contribution is -2.45. The Morgan fingerprint density at radius 1 is 1.22 bits per heavy atom. The number of amides is 1. The number of ether oxygens (including phenoxy) is 1. The minimum atomic E-state index is -0.982. The standard InChI is InChI=1S/C24H25F2N3O3/c1-3-32-20-10-7-15(14(2)30)12-17(20)24(31)29-11-5-4-6-16(29)13-21-27-19-9-8-18(25)22(26)23(19)28-21/h7-10,12,16H,3-6,11,13H2,1-2H3,(H,27,28). The van der Waals surface area contributed by atoms with Crippen LogP contribution in [0.5, 0.6) is 5.75 Å². The van der Waals surface area contributed by atoms with Crippen LogP contribution in [-0.2, 0) is 6.42 Å². The van der Waals surface area contributed by atoms with Crippen LogP contribution in [-0.4, -0.2) is 45.8 Å². The molecule has 1 aromatic heterocycles. The third-order valence-electron chi connectivity index (χ3n) is 5.83. The van der Waals surface area contributed by atoms with Gasteiger partial charge < -0.3 is 14.6 Å². The van der Waals surface area contributed by atoms with Crippen molar-refractivity contribution >= 4 is 22.7 Å². The summed E-state index contributed by atoms with van der Waals surface area (Å²) in [5, 5.41) is 0. The molecule has 168 valence electrons. The van der Waals surface area contributed by atoms with Crippen molar-refractivity contribution < 1.29 is 23.1 Å². The van der Waals surface area contributed by atoms with Gasteiger partial charge >= 0.3 is 0 Å². The van der Waals surface area contributed by atoms with Crippen LogP contribution in [0.4, 0.5) is 8.78 Å². The maximum Gasteiger partial charge on any atom is 0.257 e. The van der Waals surface area contributed by atoms with E-state index in [0.29, 0.717) is 47.8 Å². The van der Waals surface area contributed by atoms with Crippen molar-refractivity contribution in [2.75, 3.05) is 13.2 Å². The summed E-state index contributed by atoms with van der Waals surface area (Å²) in [5.41, 5.74) is 1.17. The summed E-state index contributed by atoms with van der Waals surface area (Å²) in [6.07, 6.45) is 2.95. The van der Waals surface area contributed by atoms with Crippen LogP contribution in [0.25, 0.3) is 11.0 Å². The number of nitrogens with one attached hydrogen (secondary N) is 1. The molecule has 1 unspecified atom stereocenters. The molecule has 2 heterocycles. The van der Waals surface area contributed by atoms with Gasteiger partial charge in [-0.05, 0) is 63.4 Å². The maximum absolute atomic E-state index is 14.1. The number of imidazole rings is 1. The lowest BCUT2D eigenvalue weighted by Gasteiger charge is -2.36. The predicted molar refractivity (Wildman–Crippen MR) is 116 cm³/mol. The number of fused-ring (bicyclic) bond motifs is 1. The van der Waals surface area contributed by atoms with E-state index in [2.05, 4.69) is 9.97 Å². The number of hydrogen-bond acceptors (Lipinski definition) is 4.